The predicted molar refractivity (Wildman–Crippen MR) is 117 cm³/mol. The quantitative estimate of drug-likeness (QED) is 0.706. The number of fused-ring (bicyclic) bond motifs is 1. The van der Waals surface area contributed by atoms with Crippen molar-refractivity contribution in [1.82, 2.24) is 9.88 Å². The molecule has 2 aromatic carbocycles. The van der Waals surface area contributed by atoms with Gasteiger partial charge in [-0.3, -0.25) is 9.59 Å². The minimum absolute atomic E-state index is 0.139. The van der Waals surface area contributed by atoms with Crippen molar-refractivity contribution in [3.05, 3.63) is 81.6 Å². The maximum atomic E-state index is 13.1. The monoisotopic (exact) mass is 388 g/mol. The Bertz CT molecular complexity index is 1080. The number of amides is 1. The number of pyridine rings is 1. The number of carbonyl (C=O) groups is 1. The van der Waals surface area contributed by atoms with Crippen molar-refractivity contribution in [1.29, 1.82) is 0 Å². The van der Waals surface area contributed by atoms with Crippen molar-refractivity contribution in [3.8, 4) is 0 Å². The van der Waals surface area contributed by atoms with Crippen LogP contribution in [0.15, 0.2) is 59.4 Å². The van der Waals surface area contributed by atoms with Crippen molar-refractivity contribution in [2.24, 2.45) is 5.92 Å². The van der Waals surface area contributed by atoms with E-state index in [0.717, 1.165) is 35.7 Å². The fourth-order valence-electron chi connectivity index (χ4n) is 4.34. The Morgan fingerprint density at radius 2 is 1.79 bits per heavy atom. The molecule has 0 unspecified atom stereocenters. The van der Waals surface area contributed by atoms with Gasteiger partial charge in [-0.05, 0) is 37.3 Å². The summed E-state index contributed by atoms with van der Waals surface area (Å²) in [7, 11) is 0. The van der Waals surface area contributed by atoms with E-state index >= 15 is 0 Å². The van der Waals surface area contributed by atoms with Crippen LogP contribution in [0.2, 0.25) is 0 Å². The number of aromatic nitrogens is 1. The largest absolute Gasteiger partial charge is 0.349 e. The maximum Gasteiger partial charge on any atom is 0.252 e. The highest BCUT2D eigenvalue weighted by molar-refractivity contribution is 6.06. The molecule has 0 bridgehead atoms. The maximum absolute atomic E-state index is 13.1. The number of hydrogen-bond acceptors (Lipinski definition) is 2. The molecule has 0 aliphatic heterocycles. The van der Waals surface area contributed by atoms with Crippen molar-refractivity contribution >= 4 is 16.8 Å². The van der Waals surface area contributed by atoms with Crippen LogP contribution in [0.25, 0.3) is 10.9 Å². The van der Waals surface area contributed by atoms with Crippen LogP contribution in [0.3, 0.4) is 0 Å². The zero-order chi connectivity index (χ0) is 20.4. The number of aryl methyl sites for hydroxylation is 1. The molecule has 1 heterocycles. The normalized spacial score (nSPS) is 19.2. The first-order valence-corrected chi connectivity index (χ1v) is 10.5. The van der Waals surface area contributed by atoms with E-state index in [1.807, 2.05) is 43.3 Å². The molecule has 1 N–H and O–H groups in total. The number of rotatable bonds is 4. The average molecular weight is 389 g/mol. The fourth-order valence-corrected chi connectivity index (χ4v) is 4.34. The van der Waals surface area contributed by atoms with E-state index in [1.54, 1.807) is 4.57 Å². The molecule has 29 heavy (non-hydrogen) atoms. The molecule has 150 valence electrons. The van der Waals surface area contributed by atoms with Gasteiger partial charge < -0.3 is 9.88 Å². The molecule has 1 amide bonds. The van der Waals surface area contributed by atoms with Gasteiger partial charge in [-0.15, -0.1) is 0 Å². The Kier molecular flexibility index (Phi) is 5.52. The first-order valence-electron chi connectivity index (χ1n) is 10.5. The van der Waals surface area contributed by atoms with E-state index < -0.39 is 0 Å². The van der Waals surface area contributed by atoms with Crippen LogP contribution >= 0.6 is 0 Å². The third-order valence-corrected chi connectivity index (χ3v) is 6.15. The molecule has 1 aromatic heterocycles. The van der Waals surface area contributed by atoms with Gasteiger partial charge in [0.15, 0.2) is 0 Å². The summed E-state index contributed by atoms with van der Waals surface area (Å²) in [6, 6.07) is 17.6. The number of carbonyl (C=O) groups excluding carboxylic acids is 1. The highest BCUT2D eigenvalue weighted by atomic mass is 16.2. The van der Waals surface area contributed by atoms with Crippen LogP contribution in [-0.2, 0) is 6.54 Å². The van der Waals surface area contributed by atoms with Gasteiger partial charge in [0.2, 0.25) is 0 Å². The molecule has 1 aliphatic rings. The molecule has 4 nitrogen and oxygen atoms in total. The lowest BCUT2D eigenvalue weighted by atomic mass is 9.86. The summed E-state index contributed by atoms with van der Waals surface area (Å²) in [4.78, 5) is 26.0. The summed E-state index contributed by atoms with van der Waals surface area (Å²) in [6.45, 7) is 4.73. The highest BCUT2D eigenvalue weighted by Crippen LogP contribution is 2.25. The van der Waals surface area contributed by atoms with Gasteiger partial charge in [0.25, 0.3) is 11.5 Å². The Labute approximate surface area is 171 Å². The number of benzene rings is 2. The SMILES string of the molecule is Cc1ccc(Cn2c(=O)cc(C(=O)N[C@@H]3CCCC[C@H]3C)c3ccccc32)cc1. The topological polar surface area (TPSA) is 51.1 Å². The molecular formula is C25H28N2O2. The van der Waals surface area contributed by atoms with Crippen molar-refractivity contribution in [2.45, 2.75) is 52.1 Å². The molecule has 4 rings (SSSR count). The second kappa shape index (κ2) is 8.24. The number of nitrogens with one attached hydrogen (secondary N) is 1. The molecule has 0 radical (unpaired) electrons. The minimum Gasteiger partial charge on any atom is -0.349 e. The van der Waals surface area contributed by atoms with Crippen LogP contribution in [-0.4, -0.2) is 16.5 Å². The summed E-state index contributed by atoms with van der Waals surface area (Å²) in [5, 5.41) is 4.01. The smallest absolute Gasteiger partial charge is 0.252 e. The summed E-state index contributed by atoms with van der Waals surface area (Å²) in [6.07, 6.45) is 4.53. The zero-order valence-corrected chi connectivity index (χ0v) is 17.2. The lowest BCUT2D eigenvalue weighted by Crippen LogP contribution is -2.41. The van der Waals surface area contributed by atoms with Gasteiger partial charge >= 0.3 is 0 Å². The zero-order valence-electron chi connectivity index (χ0n) is 17.2. The summed E-state index contributed by atoms with van der Waals surface area (Å²) in [5.74, 6) is 0.334. The Morgan fingerprint density at radius 3 is 2.55 bits per heavy atom. The molecule has 4 heteroatoms. The molecule has 3 aromatic rings. The first-order chi connectivity index (χ1) is 14.0. The second-order valence-electron chi connectivity index (χ2n) is 8.33. The van der Waals surface area contributed by atoms with Crippen LogP contribution in [0.4, 0.5) is 0 Å². The third kappa shape index (κ3) is 4.12. The number of para-hydroxylation sites is 1. The number of hydrogen-bond donors (Lipinski definition) is 1. The molecule has 0 saturated heterocycles. The van der Waals surface area contributed by atoms with E-state index in [-0.39, 0.29) is 17.5 Å². The van der Waals surface area contributed by atoms with Crippen LogP contribution in [0, 0.1) is 12.8 Å². The third-order valence-electron chi connectivity index (χ3n) is 6.15. The van der Waals surface area contributed by atoms with Gasteiger partial charge in [0, 0.05) is 17.5 Å². The average Bonchev–Trinajstić information content (AvgIpc) is 2.73. The fraction of sp³-hybridized carbons (Fsp3) is 0.360. The van der Waals surface area contributed by atoms with Gasteiger partial charge in [-0.2, -0.15) is 0 Å². The Hall–Kier alpha value is -2.88. The summed E-state index contributed by atoms with van der Waals surface area (Å²) in [5.41, 5.74) is 3.38. The van der Waals surface area contributed by atoms with E-state index in [4.69, 9.17) is 0 Å². The van der Waals surface area contributed by atoms with Crippen LogP contribution in [0.1, 0.15) is 54.1 Å². The molecule has 1 saturated carbocycles. The molecule has 1 fully saturated rings. The van der Waals surface area contributed by atoms with Crippen LogP contribution in [0.5, 0.6) is 0 Å². The standard InChI is InChI=1S/C25H28N2O2/c1-17-11-13-19(14-12-17)16-27-23-10-6-4-8-20(23)21(15-24(27)28)25(29)26-22-9-5-3-7-18(22)2/h4,6,8,10-15,18,22H,3,5,7,9,16H2,1-2H3,(H,26,29)/t18-,22-/m1/s1. The van der Waals surface area contributed by atoms with E-state index in [9.17, 15) is 9.59 Å². The minimum atomic E-state index is -0.147. The second-order valence-corrected chi connectivity index (χ2v) is 8.33. The van der Waals surface area contributed by atoms with Crippen molar-refractivity contribution in [2.75, 3.05) is 0 Å². The van der Waals surface area contributed by atoms with E-state index in [1.165, 1.54) is 18.1 Å². The van der Waals surface area contributed by atoms with Gasteiger partial charge in [-0.1, -0.05) is 67.8 Å². The van der Waals surface area contributed by atoms with Crippen molar-refractivity contribution < 1.29 is 4.79 Å². The highest BCUT2D eigenvalue weighted by Gasteiger charge is 2.24. The first kappa shape index (κ1) is 19.4. The Morgan fingerprint density at radius 1 is 1.07 bits per heavy atom. The molecule has 2 atom stereocenters. The summed E-state index contributed by atoms with van der Waals surface area (Å²) < 4.78 is 1.75. The van der Waals surface area contributed by atoms with Gasteiger partial charge in [0.05, 0.1) is 17.6 Å². The van der Waals surface area contributed by atoms with E-state index in [0.29, 0.717) is 18.0 Å². The van der Waals surface area contributed by atoms with Crippen molar-refractivity contribution in [3.63, 3.8) is 0 Å². The number of nitrogens with zero attached hydrogens (tertiary/aromatic N) is 1. The lowest BCUT2D eigenvalue weighted by Gasteiger charge is -2.29. The summed E-state index contributed by atoms with van der Waals surface area (Å²) >= 11 is 0. The Balaban J connectivity index is 1.70. The molecule has 0 spiro atoms. The van der Waals surface area contributed by atoms with E-state index in [2.05, 4.69) is 24.4 Å². The van der Waals surface area contributed by atoms with Crippen LogP contribution < -0.4 is 10.9 Å². The predicted octanol–water partition coefficient (Wildman–Crippen LogP) is 4.67. The van der Waals surface area contributed by atoms with Gasteiger partial charge in [0.1, 0.15) is 0 Å². The lowest BCUT2D eigenvalue weighted by molar-refractivity contribution is 0.0911. The molecular weight excluding hydrogens is 360 g/mol. The van der Waals surface area contributed by atoms with Gasteiger partial charge in [-0.25, -0.2) is 0 Å². The molecule has 1 aliphatic carbocycles.